The molecule has 0 aliphatic carbocycles. The van der Waals surface area contributed by atoms with E-state index in [0.717, 1.165) is 27.8 Å². The van der Waals surface area contributed by atoms with Gasteiger partial charge in [0.1, 0.15) is 0 Å². The van der Waals surface area contributed by atoms with Crippen molar-refractivity contribution >= 4 is 0 Å². The van der Waals surface area contributed by atoms with Crippen molar-refractivity contribution in [2.45, 2.75) is 0 Å². The van der Waals surface area contributed by atoms with Crippen LogP contribution in [0.2, 0.25) is 0 Å². The molecular formula is C57H39N3. The van der Waals surface area contributed by atoms with Crippen molar-refractivity contribution in [1.29, 1.82) is 0 Å². The van der Waals surface area contributed by atoms with Crippen molar-refractivity contribution in [2.75, 3.05) is 0 Å². The standard InChI is InChI=1S/C57H39N3/c1-4-10-40(11-5-1)41-16-18-42(19-17-41)43-20-22-44(23-21-43)45-24-26-46(27-25-45)47-28-30-48(31-29-47)49-32-34-50(35-33-49)51-36-38-54(39-37-51)57-59-55(52-12-6-2-7-13-52)58-56(60-57)53-14-8-3-9-15-53/h1-39H. The summed E-state index contributed by atoms with van der Waals surface area (Å²) >= 11 is 0. The summed E-state index contributed by atoms with van der Waals surface area (Å²) in [6.45, 7) is 0. The Bertz CT molecular complexity index is 2920. The summed E-state index contributed by atoms with van der Waals surface area (Å²) in [4.78, 5) is 14.6. The Hall–Kier alpha value is -8.01. The second-order valence-electron chi connectivity index (χ2n) is 14.9. The van der Waals surface area contributed by atoms with E-state index in [2.05, 4.69) is 176 Å². The van der Waals surface area contributed by atoms with E-state index in [4.69, 9.17) is 15.0 Å². The Morgan fingerprint density at radius 3 is 0.467 bits per heavy atom. The molecule has 0 aliphatic rings. The molecule has 0 N–H and O–H groups in total. The molecule has 0 unspecified atom stereocenters. The van der Waals surface area contributed by atoms with Crippen LogP contribution >= 0.6 is 0 Å². The number of aromatic nitrogens is 3. The fraction of sp³-hybridized carbons (Fsp3) is 0. The second-order valence-corrected chi connectivity index (χ2v) is 14.9. The maximum Gasteiger partial charge on any atom is 0.164 e. The first-order chi connectivity index (χ1) is 29.7. The molecule has 3 heteroatoms. The first-order valence-corrected chi connectivity index (χ1v) is 20.3. The molecule has 0 bridgehead atoms. The lowest BCUT2D eigenvalue weighted by Crippen LogP contribution is -2.00. The molecule has 60 heavy (non-hydrogen) atoms. The lowest BCUT2D eigenvalue weighted by molar-refractivity contribution is 1.07. The lowest BCUT2D eigenvalue weighted by atomic mass is 9.96. The number of nitrogens with zero attached hydrogens (tertiary/aromatic N) is 3. The largest absolute Gasteiger partial charge is 0.208 e. The highest BCUT2D eigenvalue weighted by Gasteiger charge is 2.13. The molecule has 0 saturated carbocycles. The van der Waals surface area contributed by atoms with Gasteiger partial charge in [-0.25, -0.2) is 15.0 Å². The molecule has 0 atom stereocenters. The van der Waals surface area contributed by atoms with Crippen LogP contribution in [0.25, 0.3) is 101 Å². The van der Waals surface area contributed by atoms with Gasteiger partial charge in [-0.2, -0.15) is 0 Å². The first kappa shape index (κ1) is 36.3. The zero-order valence-corrected chi connectivity index (χ0v) is 32.9. The van der Waals surface area contributed by atoms with Crippen LogP contribution in [0.3, 0.4) is 0 Å². The molecule has 9 aromatic carbocycles. The molecule has 0 saturated heterocycles. The van der Waals surface area contributed by atoms with Gasteiger partial charge in [0.15, 0.2) is 17.5 Å². The summed E-state index contributed by atoms with van der Waals surface area (Å²) in [7, 11) is 0. The predicted molar refractivity (Wildman–Crippen MR) is 249 cm³/mol. The predicted octanol–water partition coefficient (Wildman–Crippen LogP) is 14.9. The Labute approximate surface area is 351 Å². The van der Waals surface area contributed by atoms with Crippen LogP contribution in [0.5, 0.6) is 0 Å². The SMILES string of the molecule is c1ccc(-c2ccc(-c3ccc(-c4ccc(-c5ccc(-c6ccc(-c7ccc(-c8nc(-c9ccccc9)nc(-c9ccccc9)n8)cc7)cc6)cc5)cc4)cc3)cc2)cc1. The topological polar surface area (TPSA) is 38.7 Å². The highest BCUT2D eigenvalue weighted by atomic mass is 15.0. The summed E-state index contributed by atoms with van der Waals surface area (Å²) in [6.07, 6.45) is 0. The second kappa shape index (κ2) is 16.5. The number of hydrogen-bond acceptors (Lipinski definition) is 3. The molecule has 0 spiro atoms. The quantitative estimate of drug-likeness (QED) is 0.147. The van der Waals surface area contributed by atoms with E-state index in [0.29, 0.717) is 17.5 Å². The van der Waals surface area contributed by atoms with Crippen LogP contribution in [0.1, 0.15) is 0 Å². The maximum atomic E-state index is 4.89. The van der Waals surface area contributed by atoms with E-state index < -0.39 is 0 Å². The third-order valence-corrected chi connectivity index (χ3v) is 11.0. The summed E-state index contributed by atoms with van der Waals surface area (Å²) < 4.78 is 0. The normalized spacial score (nSPS) is 11.0. The van der Waals surface area contributed by atoms with Crippen molar-refractivity contribution in [3.05, 3.63) is 237 Å². The summed E-state index contributed by atoms with van der Waals surface area (Å²) in [5.74, 6) is 1.96. The minimum atomic E-state index is 0.649. The van der Waals surface area contributed by atoms with Gasteiger partial charge >= 0.3 is 0 Å². The molecular weight excluding hydrogens is 727 g/mol. The Morgan fingerprint density at radius 2 is 0.267 bits per heavy atom. The fourth-order valence-electron chi connectivity index (χ4n) is 7.66. The molecule has 0 fully saturated rings. The number of rotatable bonds is 9. The molecule has 10 rings (SSSR count). The lowest BCUT2D eigenvalue weighted by Gasteiger charge is -2.10. The van der Waals surface area contributed by atoms with Gasteiger partial charge in [0, 0.05) is 16.7 Å². The van der Waals surface area contributed by atoms with Gasteiger partial charge in [0.25, 0.3) is 0 Å². The highest BCUT2D eigenvalue weighted by molar-refractivity contribution is 5.77. The minimum absolute atomic E-state index is 0.649. The minimum Gasteiger partial charge on any atom is -0.208 e. The molecule has 0 aliphatic heterocycles. The first-order valence-electron chi connectivity index (χ1n) is 20.3. The zero-order valence-electron chi connectivity index (χ0n) is 32.9. The van der Waals surface area contributed by atoms with Crippen LogP contribution in [-0.2, 0) is 0 Å². The number of hydrogen-bond donors (Lipinski definition) is 0. The summed E-state index contributed by atoms with van der Waals surface area (Å²) in [5, 5.41) is 0. The van der Waals surface area contributed by atoms with Crippen molar-refractivity contribution in [1.82, 2.24) is 15.0 Å². The van der Waals surface area contributed by atoms with Gasteiger partial charge in [-0.05, 0) is 66.8 Å². The summed E-state index contributed by atoms with van der Waals surface area (Å²) in [6, 6.07) is 83.2. The van der Waals surface area contributed by atoms with E-state index in [-0.39, 0.29) is 0 Å². The van der Waals surface area contributed by atoms with Crippen LogP contribution in [0.4, 0.5) is 0 Å². The third kappa shape index (κ3) is 7.80. The third-order valence-electron chi connectivity index (χ3n) is 11.0. The molecule has 1 heterocycles. The van der Waals surface area contributed by atoms with Crippen molar-refractivity contribution in [2.24, 2.45) is 0 Å². The van der Waals surface area contributed by atoms with Gasteiger partial charge in [0.05, 0.1) is 0 Å². The van der Waals surface area contributed by atoms with Gasteiger partial charge in [-0.15, -0.1) is 0 Å². The molecule has 0 radical (unpaired) electrons. The zero-order chi connectivity index (χ0) is 40.1. The van der Waals surface area contributed by atoms with E-state index in [1.165, 1.54) is 55.6 Å². The van der Waals surface area contributed by atoms with Crippen LogP contribution < -0.4 is 0 Å². The highest BCUT2D eigenvalue weighted by Crippen LogP contribution is 2.32. The smallest absolute Gasteiger partial charge is 0.164 e. The molecule has 1 aromatic heterocycles. The monoisotopic (exact) mass is 765 g/mol. The molecule has 282 valence electrons. The fourth-order valence-corrected chi connectivity index (χ4v) is 7.66. The van der Waals surface area contributed by atoms with Gasteiger partial charge in [-0.3, -0.25) is 0 Å². The van der Waals surface area contributed by atoms with E-state index in [1.54, 1.807) is 0 Å². The molecule has 0 amide bonds. The molecule has 10 aromatic rings. The van der Waals surface area contributed by atoms with Crippen LogP contribution in [0.15, 0.2) is 237 Å². The van der Waals surface area contributed by atoms with Gasteiger partial charge in [0.2, 0.25) is 0 Å². The van der Waals surface area contributed by atoms with Crippen LogP contribution in [0, 0.1) is 0 Å². The summed E-state index contributed by atoms with van der Waals surface area (Å²) in [5.41, 5.74) is 17.2. The Morgan fingerprint density at radius 1 is 0.133 bits per heavy atom. The van der Waals surface area contributed by atoms with E-state index in [1.807, 2.05) is 60.7 Å². The molecule has 3 nitrogen and oxygen atoms in total. The average Bonchev–Trinajstić information content (AvgIpc) is 3.35. The number of benzene rings is 9. The van der Waals surface area contributed by atoms with Crippen molar-refractivity contribution < 1.29 is 0 Å². The van der Waals surface area contributed by atoms with Crippen molar-refractivity contribution in [3.8, 4) is 101 Å². The average molecular weight is 766 g/mol. The Kier molecular flexibility index (Phi) is 9.97. The van der Waals surface area contributed by atoms with Gasteiger partial charge in [-0.1, -0.05) is 237 Å². The Balaban J connectivity index is 0.806. The van der Waals surface area contributed by atoms with E-state index >= 15 is 0 Å². The maximum absolute atomic E-state index is 4.89. The van der Waals surface area contributed by atoms with Crippen LogP contribution in [-0.4, -0.2) is 15.0 Å². The van der Waals surface area contributed by atoms with E-state index in [9.17, 15) is 0 Å². The van der Waals surface area contributed by atoms with Crippen molar-refractivity contribution in [3.63, 3.8) is 0 Å². The van der Waals surface area contributed by atoms with Gasteiger partial charge < -0.3 is 0 Å².